The lowest BCUT2D eigenvalue weighted by atomic mass is 10.2. The molecular weight excluding hydrogens is 234 g/mol. The Labute approximate surface area is 103 Å². The Kier molecular flexibility index (Phi) is 2.96. The van der Waals surface area contributed by atoms with Crippen molar-refractivity contribution in [2.75, 3.05) is 7.05 Å². The van der Waals surface area contributed by atoms with E-state index in [1.165, 1.54) is 10.6 Å². The predicted octanol–water partition coefficient (Wildman–Crippen LogP) is 0.144. The molecule has 2 aromatic rings. The molecule has 1 atom stereocenters. The highest BCUT2D eigenvalue weighted by atomic mass is 16.3. The fourth-order valence-electron chi connectivity index (χ4n) is 1.97. The molecule has 0 aliphatic heterocycles. The number of rotatable bonds is 2. The molecule has 2 N–H and O–H groups in total. The Morgan fingerprint density at radius 1 is 1.33 bits per heavy atom. The summed E-state index contributed by atoms with van der Waals surface area (Å²) in [6, 6.07) is 4.66. The molecule has 0 radical (unpaired) electrons. The summed E-state index contributed by atoms with van der Waals surface area (Å²) in [6.45, 7) is 1.70. The molecule has 0 amide bonds. The van der Waals surface area contributed by atoms with Gasteiger partial charge in [-0.2, -0.15) is 0 Å². The number of phenolic OH excluding ortho intramolecular Hbond substituents is 1. The highest BCUT2D eigenvalue weighted by Crippen LogP contribution is 2.19. The van der Waals surface area contributed by atoms with Crippen molar-refractivity contribution in [1.29, 1.82) is 0 Å². The van der Waals surface area contributed by atoms with Crippen LogP contribution in [0.2, 0.25) is 0 Å². The third kappa shape index (κ3) is 1.62. The smallest absolute Gasteiger partial charge is 0.332 e. The summed E-state index contributed by atoms with van der Waals surface area (Å²) in [6.07, 6.45) is -0.444. The maximum Gasteiger partial charge on any atom is 0.332 e. The zero-order valence-electron chi connectivity index (χ0n) is 10.5. The predicted molar refractivity (Wildman–Crippen MR) is 68.9 cm³/mol. The lowest BCUT2D eigenvalue weighted by molar-refractivity contribution is 0.434. The fourth-order valence-corrected chi connectivity index (χ4v) is 1.97. The Balaban J connectivity index is 3.04. The van der Waals surface area contributed by atoms with Gasteiger partial charge in [-0.3, -0.25) is 9.36 Å². The molecule has 1 aromatic carbocycles. The van der Waals surface area contributed by atoms with Gasteiger partial charge in [0.1, 0.15) is 11.1 Å². The van der Waals surface area contributed by atoms with Crippen LogP contribution in [0, 0.1) is 0 Å². The summed E-state index contributed by atoms with van der Waals surface area (Å²) in [7, 11) is 3.23. The van der Waals surface area contributed by atoms with Gasteiger partial charge in [-0.05, 0) is 26.1 Å². The van der Waals surface area contributed by atoms with E-state index in [0.29, 0.717) is 5.52 Å². The van der Waals surface area contributed by atoms with Crippen molar-refractivity contribution in [3.05, 3.63) is 39.0 Å². The van der Waals surface area contributed by atoms with E-state index in [4.69, 9.17) is 0 Å². The first-order valence-electron chi connectivity index (χ1n) is 5.59. The first-order chi connectivity index (χ1) is 8.49. The number of phenols is 1. The number of fused-ring (bicyclic) bond motifs is 1. The Hall–Kier alpha value is -2.08. The van der Waals surface area contributed by atoms with E-state index in [2.05, 4.69) is 5.32 Å². The van der Waals surface area contributed by atoms with Crippen LogP contribution >= 0.6 is 0 Å². The lowest BCUT2D eigenvalue weighted by Crippen LogP contribution is -2.44. The molecule has 2 rings (SSSR count). The molecule has 0 saturated heterocycles. The third-order valence-corrected chi connectivity index (χ3v) is 3.11. The van der Waals surface area contributed by atoms with Gasteiger partial charge in [0.2, 0.25) is 0 Å². The average molecular weight is 249 g/mol. The fraction of sp³-hybridized carbons (Fsp3) is 0.333. The number of aryl methyl sites for hydroxylation is 1. The van der Waals surface area contributed by atoms with Crippen molar-refractivity contribution in [2.45, 2.75) is 13.1 Å². The number of nitrogens with one attached hydrogen (secondary N) is 1. The van der Waals surface area contributed by atoms with Crippen LogP contribution in [0.5, 0.6) is 5.75 Å². The summed E-state index contributed by atoms with van der Waals surface area (Å²) >= 11 is 0. The Morgan fingerprint density at radius 2 is 2.00 bits per heavy atom. The van der Waals surface area contributed by atoms with Crippen molar-refractivity contribution >= 4 is 10.9 Å². The van der Waals surface area contributed by atoms with Crippen LogP contribution in [0.15, 0.2) is 27.8 Å². The number of nitrogens with zero attached hydrogens (tertiary/aromatic N) is 2. The number of benzene rings is 1. The monoisotopic (exact) mass is 249 g/mol. The van der Waals surface area contributed by atoms with Gasteiger partial charge in [0.15, 0.2) is 0 Å². The lowest BCUT2D eigenvalue weighted by Gasteiger charge is -2.16. The second-order valence-electron chi connectivity index (χ2n) is 4.15. The van der Waals surface area contributed by atoms with Gasteiger partial charge in [-0.15, -0.1) is 0 Å². The number of hydrogen-bond acceptors (Lipinski definition) is 4. The summed E-state index contributed by atoms with van der Waals surface area (Å²) in [5.41, 5.74) is -0.488. The first kappa shape index (κ1) is 12.4. The molecule has 1 heterocycles. The molecule has 0 aliphatic rings. The van der Waals surface area contributed by atoms with Crippen LogP contribution in [0.1, 0.15) is 13.1 Å². The average Bonchev–Trinajstić information content (AvgIpc) is 2.35. The highest BCUT2D eigenvalue weighted by Gasteiger charge is 2.16. The van der Waals surface area contributed by atoms with Crippen molar-refractivity contribution in [3.63, 3.8) is 0 Å². The van der Waals surface area contributed by atoms with Crippen LogP contribution in [-0.2, 0) is 7.05 Å². The molecule has 0 saturated carbocycles. The minimum atomic E-state index is -0.493. The van der Waals surface area contributed by atoms with Crippen molar-refractivity contribution in [3.8, 4) is 5.75 Å². The van der Waals surface area contributed by atoms with E-state index < -0.39 is 17.4 Å². The summed E-state index contributed by atoms with van der Waals surface area (Å²) in [5.74, 6) is -0.120. The van der Waals surface area contributed by atoms with Gasteiger partial charge in [0.05, 0.1) is 11.7 Å². The number of hydrogen-bond donors (Lipinski definition) is 2. The molecule has 18 heavy (non-hydrogen) atoms. The molecule has 1 aromatic heterocycles. The normalized spacial score (nSPS) is 12.8. The maximum atomic E-state index is 12.3. The second-order valence-corrected chi connectivity index (χ2v) is 4.15. The van der Waals surface area contributed by atoms with E-state index in [1.807, 2.05) is 0 Å². The molecule has 0 bridgehead atoms. The largest absolute Gasteiger partial charge is 0.507 e. The third-order valence-electron chi connectivity index (χ3n) is 3.11. The first-order valence-corrected chi connectivity index (χ1v) is 5.59. The highest BCUT2D eigenvalue weighted by molar-refractivity contribution is 5.84. The quantitative estimate of drug-likeness (QED) is 0.794. The van der Waals surface area contributed by atoms with Gasteiger partial charge >= 0.3 is 5.69 Å². The molecular formula is C12H15N3O3. The van der Waals surface area contributed by atoms with Crippen molar-refractivity contribution in [2.24, 2.45) is 7.05 Å². The topological polar surface area (TPSA) is 76.3 Å². The van der Waals surface area contributed by atoms with Gasteiger partial charge < -0.3 is 10.4 Å². The summed E-state index contributed by atoms with van der Waals surface area (Å²) < 4.78 is 2.44. The van der Waals surface area contributed by atoms with Crippen LogP contribution in [0.3, 0.4) is 0 Å². The van der Waals surface area contributed by atoms with Crippen LogP contribution in [0.4, 0.5) is 0 Å². The van der Waals surface area contributed by atoms with Crippen LogP contribution in [-0.4, -0.2) is 21.3 Å². The minimum Gasteiger partial charge on any atom is -0.507 e. The molecule has 6 heteroatoms. The van der Waals surface area contributed by atoms with E-state index >= 15 is 0 Å². The molecule has 6 nitrogen and oxygen atoms in total. The molecule has 0 aliphatic carbocycles. The molecule has 0 fully saturated rings. The van der Waals surface area contributed by atoms with Crippen LogP contribution < -0.4 is 16.6 Å². The van der Waals surface area contributed by atoms with E-state index in [9.17, 15) is 14.7 Å². The number of aromatic nitrogens is 2. The van der Waals surface area contributed by atoms with E-state index in [0.717, 1.165) is 4.57 Å². The maximum absolute atomic E-state index is 12.3. The molecule has 96 valence electrons. The van der Waals surface area contributed by atoms with E-state index in [-0.39, 0.29) is 11.1 Å². The minimum absolute atomic E-state index is 0.120. The van der Waals surface area contributed by atoms with Crippen molar-refractivity contribution in [1.82, 2.24) is 14.5 Å². The SMILES string of the molecule is CNC(C)n1c(=O)c2c(O)cccc2n(C)c1=O. The van der Waals surface area contributed by atoms with Crippen LogP contribution in [0.25, 0.3) is 10.9 Å². The van der Waals surface area contributed by atoms with Gasteiger partial charge in [-0.1, -0.05) is 6.07 Å². The molecule has 1 unspecified atom stereocenters. The second kappa shape index (κ2) is 4.30. The van der Waals surface area contributed by atoms with E-state index in [1.54, 1.807) is 33.2 Å². The molecule has 0 spiro atoms. The standard InChI is InChI=1S/C12H15N3O3/c1-7(13-2)15-11(17)10-8(14(3)12(15)18)5-4-6-9(10)16/h4-7,13,16H,1-3H3. The Morgan fingerprint density at radius 3 is 2.61 bits per heavy atom. The summed E-state index contributed by atoms with van der Waals surface area (Å²) in [5, 5.41) is 12.8. The van der Waals surface area contributed by atoms with Gasteiger partial charge in [-0.25, -0.2) is 9.36 Å². The zero-order valence-corrected chi connectivity index (χ0v) is 10.5. The summed E-state index contributed by atoms with van der Waals surface area (Å²) in [4.78, 5) is 24.4. The van der Waals surface area contributed by atoms with Crippen molar-refractivity contribution < 1.29 is 5.11 Å². The number of aromatic hydroxyl groups is 1. The van der Waals surface area contributed by atoms with Gasteiger partial charge in [0, 0.05) is 7.05 Å². The van der Waals surface area contributed by atoms with Gasteiger partial charge in [0.25, 0.3) is 5.56 Å². The Bertz CT molecular complexity index is 715. The zero-order chi connectivity index (χ0) is 13.4.